The molecule has 2 heterocycles. The second kappa shape index (κ2) is 11.6. The van der Waals surface area contributed by atoms with Crippen molar-refractivity contribution in [2.24, 2.45) is 4.99 Å². The van der Waals surface area contributed by atoms with E-state index in [0.29, 0.717) is 18.6 Å². The van der Waals surface area contributed by atoms with Crippen molar-refractivity contribution in [2.45, 2.75) is 57.8 Å². The molecule has 0 spiro atoms. The van der Waals surface area contributed by atoms with Gasteiger partial charge in [-0.25, -0.2) is 4.39 Å². The van der Waals surface area contributed by atoms with Crippen molar-refractivity contribution in [1.29, 1.82) is 0 Å². The van der Waals surface area contributed by atoms with Crippen molar-refractivity contribution in [2.75, 3.05) is 13.6 Å². The van der Waals surface area contributed by atoms with Crippen molar-refractivity contribution in [3.8, 4) is 0 Å². The van der Waals surface area contributed by atoms with Crippen LogP contribution >= 0.6 is 24.0 Å². The van der Waals surface area contributed by atoms with Gasteiger partial charge in [-0.1, -0.05) is 12.5 Å². The summed E-state index contributed by atoms with van der Waals surface area (Å²) in [5.41, 5.74) is -1.03. The first-order valence-corrected chi connectivity index (χ1v) is 10.1. The first-order valence-electron chi connectivity index (χ1n) is 10.1. The van der Waals surface area contributed by atoms with Gasteiger partial charge in [0.05, 0.1) is 5.56 Å². The van der Waals surface area contributed by atoms with Crippen LogP contribution in [-0.2, 0) is 32.1 Å². The normalized spacial score (nSPS) is 14.4. The second-order valence-electron chi connectivity index (χ2n) is 7.25. The molecule has 1 aromatic carbocycles. The molecule has 0 aliphatic carbocycles. The molecule has 3 rings (SSSR count). The Morgan fingerprint density at radius 2 is 1.97 bits per heavy atom. The van der Waals surface area contributed by atoms with Crippen LogP contribution in [0.5, 0.6) is 0 Å². The lowest BCUT2D eigenvalue weighted by Gasteiger charge is -2.16. The number of aryl methyl sites for hydroxylation is 2. The summed E-state index contributed by atoms with van der Waals surface area (Å²) in [6.07, 6.45) is 1.37. The fourth-order valence-corrected chi connectivity index (χ4v) is 3.55. The molecule has 172 valence electrons. The molecular formula is C20H27F4IN6. The van der Waals surface area contributed by atoms with E-state index < -0.39 is 17.6 Å². The largest absolute Gasteiger partial charge is 0.416 e. The maximum Gasteiger partial charge on any atom is 0.416 e. The van der Waals surface area contributed by atoms with Crippen LogP contribution in [0.3, 0.4) is 0 Å². The molecule has 1 aliphatic heterocycles. The SMILES string of the molecule is CN=C(NCCCc1nnc2n1CCCCC2)NCc1ccc(F)cc1C(F)(F)F.I. The summed E-state index contributed by atoms with van der Waals surface area (Å²) in [7, 11) is 1.54. The number of fused-ring (bicyclic) bond motifs is 1. The monoisotopic (exact) mass is 554 g/mol. The molecular weight excluding hydrogens is 527 g/mol. The predicted molar refractivity (Wildman–Crippen MR) is 121 cm³/mol. The third-order valence-corrected chi connectivity index (χ3v) is 5.10. The number of aromatic nitrogens is 3. The zero-order chi connectivity index (χ0) is 21.6. The van der Waals surface area contributed by atoms with Gasteiger partial charge in [0.15, 0.2) is 5.96 Å². The molecule has 0 radical (unpaired) electrons. The number of hydrogen-bond acceptors (Lipinski definition) is 3. The van der Waals surface area contributed by atoms with Gasteiger partial charge in [-0.2, -0.15) is 13.2 Å². The second-order valence-corrected chi connectivity index (χ2v) is 7.25. The van der Waals surface area contributed by atoms with Gasteiger partial charge in [0.1, 0.15) is 17.5 Å². The third-order valence-electron chi connectivity index (χ3n) is 5.10. The number of guanidine groups is 1. The van der Waals surface area contributed by atoms with Gasteiger partial charge in [0, 0.05) is 39.5 Å². The standard InChI is InChI=1S/C20H26F4N6.HI/c1-25-19(27-13-14-8-9-15(21)12-16(14)20(22,23)24)26-10-5-7-18-29-28-17-6-3-2-4-11-30(17)18;/h8-9,12H,2-7,10-11,13H2,1H3,(H2,25,26,27);1H. The lowest BCUT2D eigenvalue weighted by atomic mass is 10.1. The van der Waals surface area contributed by atoms with E-state index in [1.54, 1.807) is 7.05 Å². The Hall–Kier alpha value is -1.92. The highest BCUT2D eigenvalue weighted by atomic mass is 127. The van der Waals surface area contributed by atoms with Crippen LogP contribution < -0.4 is 10.6 Å². The minimum atomic E-state index is -4.62. The van der Waals surface area contributed by atoms with Crippen molar-refractivity contribution < 1.29 is 17.6 Å². The summed E-state index contributed by atoms with van der Waals surface area (Å²) in [6.45, 7) is 1.41. The highest BCUT2D eigenvalue weighted by Gasteiger charge is 2.33. The zero-order valence-corrected chi connectivity index (χ0v) is 19.6. The van der Waals surface area contributed by atoms with Gasteiger partial charge < -0.3 is 15.2 Å². The highest BCUT2D eigenvalue weighted by molar-refractivity contribution is 14.0. The molecule has 1 aliphatic rings. The first-order chi connectivity index (χ1) is 14.4. The Morgan fingerprint density at radius 1 is 1.16 bits per heavy atom. The molecule has 0 bridgehead atoms. The molecule has 6 nitrogen and oxygen atoms in total. The number of nitrogens with one attached hydrogen (secondary N) is 2. The quantitative estimate of drug-likeness (QED) is 0.186. The van der Waals surface area contributed by atoms with Crippen LogP contribution in [0, 0.1) is 5.82 Å². The smallest absolute Gasteiger partial charge is 0.356 e. The third kappa shape index (κ3) is 7.04. The predicted octanol–water partition coefficient (Wildman–Crippen LogP) is 4.08. The number of alkyl halides is 3. The van der Waals surface area contributed by atoms with Crippen LogP contribution in [-0.4, -0.2) is 34.3 Å². The summed E-state index contributed by atoms with van der Waals surface area (Å²) in [5.74, 6) is 1.48. The molecule has 2 aromatic rings. The summed E-state index contributed by atoms with van der Waals surface area (Å²) in [6, 6.07) is 2.66. The van der Waals surface area contributed by atoms with Crippen molar-refractivity contribution >= 4 is 29.9 Å². The van der Waals surface area contributed by atoms with E-state index in [0.717, 1.165) is 62.4 Å². The molecule has 0 saturated heterocycles. The Kier molecular flexibility index (Phi) is 9.51. The lowest BCUT2D eigenvalue weighted by Crippen LogP contribution is -2.37. The maximum absolute atomic E-state index is 13.2. The summed E-state index contributed by atoms with van der Waals surface area (Å²) >= 11 is 0. The van der Waals surface area contributed by atoms with Crippen molar-refractivity contribution in [1.82, 2.24) is 25.4 Å². The number of hydrogen-bond donors (Lipinski definition) is 2. The Balaban J connectivity index is 0.00000341. The topological polar surface area (TPSA) is 67.1 Å². The van der Waals surface area contributed by atoms with Gasteiger partial charge in [-0.3, -0.25) is 4.99 Å². The fraction of sp³-hybridized carbons (Fsp3) is 0.550. The fourth-order valence-electron chi connectivity index (χ4n) is 3.55. The Bertz CT molecular complexity index is 881. The zero-order valence-electron chi connectivity index (χ0n) is 17.3. The number of aliphatic imine (C=N–C) groups is 1. The van der Waals surface area contributed by atoms with Gasteiger partial charge >= 0.3 is 6.18 Å². The first kappa shape index (κ1) is 25.3. The van der Waals surface area contributed by atoms with Gasteiger partial charge in [-0.05, 0) is 37.0 Å². The van der Waals surface area contributed by atoms with Gasteiger partial charge in [0.2, 0.25) is 0 Å². The maximum atomic E-state index is 13.2. The lowest BCUT2D eigenvalue weighted by molar-refractivity contribution is -0.138. The van der Waals surface area contributed by atoms with Crippen LogP contribution in [0.15, 0.2) is 23.2 Å². The molecule has 0 atom stereocenters. The van der Waals surface area contributed by atoms with Crippen LogP contribution in [0.2, 0.25) is 0 Å². The molecule has 11 heteroatoms. The summed E-state index contributed by atoms with van der Waals surface area (Å²) in [5, 5.41) is 14.5. The molecule has 0 unspecified atom stereocenters. The summed E-state index contributed by atoms with van der Waals surface area (Å²) in [4.78, 5) is 4.04. The average Bonchev–Trinajstić information content (AvgIpc) is 2.93. The van der Waals surface area contributed by atoms with Crippen LogP contribution in [0.25, 0.3) is 0 Å². The molecule has 0 fully saturated rings. The minimum absolute atomic E-state index is 0. The van der Waals surface area contributed by atoms with Crippen LogP contribution in [0.4, 0.5) is 17.6 Å². The highest BCUT2D eigenvalue weighted by Crippen LogP contribution is 2.32. The Morgan fingerprint density at radius 3 is 2.71 bits per heavy atom. The summed E-state index contributed by atoms with van der Waals surface area (Å²) < 4.78 is 54.8. The molecule has 1 aromatic heterocycles. The van der Waals surface area contributed by atoms with Crippen LogP contribution in [0.1, 0.15) is 48.5 Å². The number of nitrogens with zero attached hydrogens (tertiary/aromatic N) is 4. The average molecular weight is 554 g/mol. The number of halogens is 5. The molecule has 0 saturated carbocycles. The van der Waals surface area contributed by atoms with Gasteiger partial charge in [-0.15, -0.1) is 34.2 Å². The van der Waals surface area contributed by atoms with Gasteiger partial charge in [0.25, 0.3) is 0 Å². The van der Waals surface area contributed by atoms with E-state index >= 15 is 0 Å². The van der Waals surface area contributed by atoms with E-state index in [1.165, 1.54) is 6.42 Å². The molecule has 31 heavy (non-hydrogen) atoms. The van der Waals surface area contributed by atoms with Crippen molar-refractivity contribution in [3.05, 3.63) is 46.8 Å². The number of rotatable bonds is 6. The van der Waals surface area contributed by atoms with E-state index in [1.807, 2.05) is 0 Å². The van der Waals surface area contributed by atoms with Crippen molar-refractivity contribution in [3.63, 3.8) is 0 Å². The Labute approximate surface area is 195 Å². The van der Waals surface area contributed by atoms with E-state index in [9.17, 15) is 17.6 Å². The van der Waals surface area contributed by atoms with E-state index in [-0.39, 0.29) is 36.1 Å². The molecule has 2 N–H and O–H groups in total. The van der Waals surface area contributed by atoms with E-state index in [2.05, 4.69) is 30.4 Å². The molecule has 0 amide bonds. The number of benzene rings is 1. The van der Waals surface area contributed by atoms with E-state index in [4.69, 9.17) is 0 Å². The minimum Gasteiger partial charge on any atom is -0.356 e.